The summed E-state index contributed by atoms with van der Waals surface area (Å²) in [6, 6.07) is 6.12. The molecule has 2 heterocycles. The van der Waals surface area contributed by atoms with Gasteiger partial charge in [0.2, 0.25) is 0 Å². The molecule has 134 valence electrons. The van der Waals surface area contributed by atoms with E-state index in [0.717, 1.165) is 30.3 Å². The van der Waals surface area contributed by atoms with Crippen molar-refractivity contribution in [2.75, 3.05) is 26.2 Å². The van der Waals surface area contributed by atoms with Gasteiger partial charge in [-0.1, -0.05) is 12.1 Å². The number of benzene rings is 1. The summed E-state index contributed by atoms with van der Waals surface area (Å²) in [5.41, 5.74) is 1.21. The molecular weight excluding hydrogens is 348 g/mol. The number of hydrogen-bond acceptors (Lipinski definition) is 5. The highest BCUT2D eigenvalue weighted by Gasteiger charge is 2.25. The molecule has 0 aliphatic carbocycles. The number of carbonyl (C=O) groups excluding carboxylic acids is 1. The second-order valence-electron chi connectivity index (χ2n) is 5.80. The van der Waals surface area contributed by atoms with E-state index >= 15 is 0 Å². The quantitative estimate of drug-likeness (QED) is 0.815. The molecule has 5 nitrogen and oxygen atoms in total. The van der Waals surface area contributed by atoms with Crippen molar-refractivity contribution in [2.24, 2.45) is 0 Å². The zero-order chi connectivity index (χ0) is 17.8. The molecule has 1 aliphatic rings. The van der Waals surface area contributed by atoms with Crippen LogP contribution in [0, 0.1) is 6.92 Å². The Kier molecular flexibility index (Phi) is 5.60. The summed E-state index contributed by atoms with van der Waals surface area (Å²) in [5.74, 6) is -0.358. The van der Waals surface area contributed by atoms with Gasteiger partial charge in [-0.2, -0.15) is 8.78 Å². The van der Waals surface area contributed by atoms with Crippen molar-refractivity contribution in [3.05, 3.63) is 45.9 Å². The average molecular weight is 367 g/mol. The van der Waals surface area contributed by atoms with Crippen LogP contribution in [0.4, 0.5) is 8.78 Å². The number of halogens is 2. The van der Waals surface area contributed by atoms with Crippen molar-refractivity contribution >= 4 is 17.2 Å². The van der Waals surface area contributed by atoms with Crippen molar-refractivity contribution < 1.29 is 18.3 Å². The van der Waals surface area contributed by atoms with Crippen LogP contribution in [0.5, 0.6) is 5.75 Å². The number of rotatable bonds is 5. The number of aromatic nitrogens is 1. The van der Waals surface area contributed by atoms with Crippen LogP contribution in [0.15, 0.2) is 29.6 Å². The Balaban J connectivity index is 1.60. The van der Waals surface area contributed by atoms with Crippen molar-refractivity contribution in [1.29, 1.82) is 0 Å². The highest BCUT2D eigenvalue weighted by atomic mass is 32.1. The lowest BCUT2D eigenvalue weighted by Crippen LogP contribution is -2.48. The van der Waals surface area contributed by atoms with E-state index in [1.807, 2.05) is 12.3 Å². The highest BCUT2D eigenvalue weighted by Crippen LogP contribution is 2.22. The van der Waals surface area contributed by atoms with Crippen LogP contribution in [0.2, 0.25) is 0 Å². The molecule has 0 saturated carbocycles. The maximum absolute atomic E-state index is 12.6. The third-order valence-electron chi connectivity index (χ3n) is 4.05. The first-order valence-electron chi connectivity index (χ1n) is 7.99. The number of thiazole rings is 1. The smallest absolute Gasteiger partial charge is 0.387 e. The van der Waals surface area contributed by atoms with Crippen molar-refractivity contribution in [3.8, 4) is 5.75 Å². The lowest BCUT2D eigenvalue weighted by Gasteiger charge is -2.34. The second kappa shape index (κ2) is 7.88. The maximum atomic E-state index is 12.6. The van der Waals surface area contributed by atoms with Gasteiger partial charge in [0.15, 0.2) is 0 Å². The van der Waals surface area contributed by atoms with E-state index in [0.29, 0.717) is 13.1 Å². The topological polar surface area (TPSA) is 45.7 Å². The van der Waals surface area contributed by atoms with Crippen molar-refractivity contribution in [2.45, 2.75) is 20.1 Å². The van der Waals surface area contributed by atoms with Gasteiger partial charge < -0.3 is 9.64 Å². The van der Waals surface area contributed by atoms with Crippen molar-refractivity contribution in [1.82, 2.24) is 14.8 Å². The predicted octanol–water partition coefficient (Wildman–Crippen LogP) is 3.01. The van der Waals surface area contributed by atoms with Gasteiger partial charge in [-0.3, -0.25) is 9.69 Å². The van der Waals surface area contributed by atoms with Gasteiger partial charge >= 0.3 is 6.61 Å². The van der Waals surface area contributed by atoms with Gasteiger partial charge in [0, 0.05) is 38.1 Å². The lowest BCUT2D eigenvalue weighted by molar-refractivity contribution is -0.0503. The minimum atomic E-state index is -2.95. The maximum Gasteiger partial charge on any atom is 0.387 e. The number of hydrogen-bond donors (Lipinski definition) is 0. The number of ether oxygens (including phenoxy) is 1. The Hall–Kier alpha value is -2.06. The van der Waals surface area contributed by atoms with Crippen molar-refractivity contribution in [3.63, 3.8) is 0 Å². The van der Waals surface area contributed by atoms with Crippen LogP contribution < -0.4 is 4.74 Å². The summed E-state index contributed by atoms with van der Waals surface area (Å²) in [6.07, 6.45) is 0. The average Bonchev–Trinajstić information content (AvgIpc) is 3.00. The third-order valence-corrected chi connectivity index (χ3v) is 4.87. The molecule has 25 heavy (non-hydrogen) atoms. The van der Waals surface area contributed by atoms with Crippen LogP contribution in [0.1, 0.15) is 21.1 Å². The molecule has 1 fully saturated rings. The number of alkyl halides is 2. The van der Waals surface area contributed by atoms with E-state index in [-0.39, 0.29) is 17.2 Å². The summed E-state index contributed by atoms with van der Waals surface area (Å²) in [4.78, 5) is 21.0. The molecule has 0 unspecified atom stereocenters. The molecule has 1 saturated heterocycles. The molecule has 1 amide bonds. The normalized spacial score (nSPS) is 15.6. The van der Waals surface area contributed by atoms with E-state index in [9.17, 15) is 13.6 Å². The number of carbonyl (C=O) groups is 1. The highest BCUT2D eigenvalue weighted by molar-refractivity contribution is 7.09. The fraction of sp³-hybridized carbons (Fsp3) is 0.412. The Morgan fingerprint density at radius 2 is 2.00 bits per heavy atom. The van der Waals surface area contributed by atoms with Crippen LogP contribution >= 0.6 is 11.3 Å². The van der Waals surface area contributed by atoms with Gasteiger partial charge in [0.25, 0.3) is 5.91 Å². The number of para-hydroxylation sites is 1. The fourth-order valence-electron chi connectivity index (χ4n) is 2.83. The molecule has 1 aromatic heterocycles. The summed E-state index contributed by atoms with van der Waals surface area (Å²) in [6.45, 7) is 2.32. The summed E-state index contributed by atoms with van der Waals surface area (Å²) in [5, 5.41) is 3.09. The number of piperazine rings is 1. The van der Waals surface area contributed by atoms with E-state index in [4.69, 9.17) is 0 Å². The molecule has 1 aliphatic heterocycles. The van der Waals surface area contributed by atoms with Gasteiger partial charge in [-0.25, -0.2) is 4.98 Å². The largest absolute Gasteiger partial charge is 0.434 e. The molecule has 8 heteroatoms. The summed E-state index contributed by atoms with van der Waals surface area (Å²) >= 11 is 1.62. The first-order chi connectivity index (χ1) is 12.0. The van der Waals surface area contributed by atoms with Crippen LogP contribution in [0.25, 0.3) is 0 Å². The number of aryl methyl sites for hydroxylation is 1. The molecule has 2 aromatic rings. The van der Waals surface area contributed by atoms with E-state index in [1.54, 1.807) is 28.4 Å². The lowest BCUT2D eigenvalue weighted by atomic mass is 10.1. The zero-order valence-electron chi connectivity index (χ0n) is 13.8. The number of amides is 1. The minimum Gasteiger partial charge on any atom is -0.434 e. The van der Waals surface area contributed by atoms with E-state index < -0.39 is 6.61 Å². The first-order valence-corrected chi connectivity index (χ1v) is 8.87. The predicted molar refractivity (Wildman–Crippen MR) is 91.1 cm³/mol. The summed E-state index contributed by atoms with van der Waals surface area (Å²) < 4.78 is 29.5. The number of nitrogens with zero attached hydrogens (tertiary/aromatic N) is 3. The van der Waals surface area contributed by atoms with Gasteiger partial charge in [0.1, 0.15) is 5.75 Å². The standard InChI is InChI=1S/C17H19F2N3O2S/c1-12-20-13(11-25-12)10-21-6-8-22(9-7-21)16(23)14-4-2-3-5-15(14)24-17(18)19/h2-5,11,17H,6-10H2,1H3. The monoisotopic (exact) mass is 367 g/mol. The zero-order valence-corrected chi connectivity index (χ0v) is 14.6. The van der Waals surface area contributed by atoms with Gasteiger partial charge in [-0.05, 0) is 19.1 Å². The molecule has 0 atom stereocenters. The molecular formula is C17H19F2N3O2S. The van der Waals surface area contributed by atoms with E-state index in [2.05, 4.69) is 14.6 Å². The third kappa shape index (κ3) is 4.52. The minimum absolute atomic E-state index is 0.0807. The Labute approximate surface area is 148 Å². The van der Waals surface area contributed by atoms with Crippen LogP contribution in [-0.4, -0.2) is 53.5 Å². The first kappa shape index (κ1) is 17.8. The fourth-order valence-corrected chi connectivity index (χ4v) is 3.44. The van der Waals surface area contributed by atoms with Crippen LogP contribution in [0.3, 0.4) is 0 Å². The molecule has 0 bridgehead atoms. The van der Waals surface area contributed by atoms with E-state index in [1.165, 1.54) is 12.1 Å². The SMILES string of the molecule is Cc1nc(CN2CCN(C(=O)c3ccccc3OC(F)F)CC2)cs1. The summed E-state index contributed by atoms with van der Waals surface area (Å²) in [7, 11) is 0. The Morgan fingerprint density at radius 3 is 2.64 bits per heavy atom. The Morgan fingerprint density at radius 1 is 1.28 bits per heavy atom. The van der Waals surface area contributed by atoms with Gasteiger partial charge in [-0.15, -0.1) is 11.3 Å². The molecule has 0 N–H and O–H groups in total. The second-order valence-corrected chi connectivity index (χ2v) is 6.86. The molecule has 0 radical (unpaired) electrons. The van der Waals surface area contributed by atoms with Gasteiger partial charge in [0.05, 0.1) is 16.3 Å². The molecule has 0 spiro atoms. The molecule has 1 aromatic carbocycles. The molecule has 3 rings (SSSR count). The van der Waals surface area contributed by atoms with Crippen LogP contribution in [-0.2, 0) is 6.54 Å². The Bertz CT molecular complexity index is 730.